The number of amides is 1. The van der Waals surface area contributed by atoms with Gasteiger partial charge >= 0.3 is 0 Å². The zero-order valence-electron chi connectivity index (χ0n) is 15.3. The predicted molar refractivity (Wildman–Crippen MR) is 101 cm³/mol. The van der Waals surface area contributed by atoms with E-state index in [0.717, 1.165) is 44.2 Å². The van der Waals surface area contributed by atoms with Crippen molar-refractivity contribution in [1.29, 1.82) is 0 Å². The van der Waals surface area contributed by atoms with Crippen molar-refractivity contribution in [3.8, 4) is 0 Å². The van der Waals surface area contributed by atoms with E-state index in [0.29, 0.717) is 12.3 Å². The third-order valence-electron chi connectivity index (χ3n) is 4.68. The SMILES string of the molecule is Cc1ccnc2nc(C(=O)N(CCN3CCOCC3)c3ccccc3)nn12. The maximum absolute atomic E-state index is 13.2. The number of hydrogen-bond acceptors (Lipinski definition) is 6. The molecular formula is C19H22N6O2. The zero-order valence-corrected chi connectivity index (χ0v) is 15.3. The molecule has 1 amide bonds. The van der Waals surface area contributed by atoms with E-state index in [1.807, 2.05) is 43.3 Å². The zero-order chi connectivity index (χ0) is 18.6. The first-order valence-electron chi connectivity index (χ1n) is 9.08. The van der Waals surface area contributed by atoms with Gasteiger partial charge in [0.2, 0.25) is 5.82 Å². The quantitative estimate of drug-likeness (QED) is 0.680. The first kappa shape index (κ1) is 17.6. The van der Waals surface area contributed by atoms with Crippen LogP contribution in [0.25, 0.3) is 5.78 Å². The molecular weight excluding hydrogens is 344 g/mol. The van der Waals surface area contributed by atoms with Crippen molar-refractivity contribution in [3.05, 3.63) is 54.1 Å². The van der Waals surface area contributed by atoms with Gasteiger partial charge in [-0.25, -0.2) is 9.50 Å². The number of carbonyl (C=O) groups excluding carboxylic acids is 1. The number of aryl methyl sites for hydroxylation is 1. The molecule has 1 aliphatic rings. The molecule has 0 unspecified atom stereocenters. The van der Waals surface area contributed by atoms with Gasteiger partial charge in [0.25, 0.3) is 11.7 Å². The Hall–Kier alpha value is -2.84. The molecule has 1 aromatic carbocycles. The Morgan fingerprint density at radius 1 is 1.19 bits per heavy atom. The molecule has 3 heterocycles. The molecule has 0 spiro atoms. The van der Waals surface area contributed by atoms with Gasteiger partial charge in [0, 0.05) is 43.8 Å². The lowest BCUT2D eigenvalue weighted by atomic mass is 10.2. The highest BCUT2D eigenvalue weighted by atomic mass is 16.5. The van der Waals surface area contributed by atoms with Crippen molar-refractivity contribution in [2.75, 3.05) is 44.3 Å². The normalized spacial score (nSPS) is 15.1. The molecule has 1 saturated heterocycles. The number of rotatable bonds is 5. The largest absolute Gasteiger partial charge is 0.379 e. The van der Waals surface area contributed by atoms with Crippen LogP contribution in [-0.2, 0) is 4.74 Å². The number of benzene rings is 1. The Balaban J connectivity index is 1.60. The van der Waals surface area contributed by atoms with Gasteiger partial charge in [-0.05, 0) is 25.1 Å². The average Bonchev–Trinajstić information content (AvgIpc) is 3.15. The maximum atomic E-state index is 13.2. The lowest BCUT2D eigenvalue weighted by Gasteiger charge is -2.29. The standard InChI is InChI=1S/C19H22N6O2/c1-15-7-8-20-19-21-17(22-25(15)19)18(26)24(16-5-3-2-4-6-16)10-9-23-11-13-27-14-12-23/h2-8H,9-14H2,1H3. The third kappa shape index (κ3) is 3.81. The number of aromatic nitrogens is 4. The van der Waals surface area contributed by atoms with Crippen molar-refractivity contribution < 1.29 is 9.53 Å². The van der Waals surface area contributed by atoms with Crippen LogP contribution in [0.2, 0.25) is 0 Å². The van der Waals surface area contributed by atoms with Crippen molar-refractivity contribution in [3.63, 3.8) is 0 Å². The molecule has 0 saturated carbocycles. The van der Waals surface area contributed by atoms with Crippen LogP contribution in [0.4, 0.5) is 5.69 Å². The fourth-order valence-corrected chi connectivity index (χ4v) is 3.14. The summed E-state index contributed by atoms with van der Waals surface area (Å²) < 4.78 is 7.00. The topological polar surface area (TPSA) is 75.9 Å². The number of anilines is 1. The van der Waals surface area contributed by atoms with Crippen LogP contribution in [0.3, 0.4) is 0 Å². The van der Waals surface area contributed by atoms with Crippen LogP contribution < -0.4 is 4.90 Å². The van der Waals surface area contributed by atoms with Crippen LogP contribution in [0.15, 0.2) is 42.6 Å². The average molecular weight is 366 g/mol. The Morgan fingerprint density at radius 2 is 1.96 bits per heavy atom. The monoisotopic (exact) mass is 366 g/mol. The molecule has 2 aromatic heterocycles. The van der Waals surface area contributed by atoms with Gasteiger partial charge in [-0.3, -0.25) is 9.69 Å². The van der Waals surface area contributed by atoms with E-state index in [9.17, 15) is 4.79 Å². The van der Waals surface area contributed by atoms with Gasteiger partial charge < -0.3 is 9.64 Å². The Morgan fingerprint density at radius 3 is 2.70 bits per heavy atom. The van der Waals surface area contributed by atoms with Gasteiger partial charge in [0.1, 0.15) is 0 Å². The van der Waals surface area contributed by atoms with E-state index in [1.54, 1.807) is 15.6 Å². The van der Waals surface area contributed by atoms with Crippen LogP contribution >= 0.6 is 0 Å². The van der Waals surface area contributed by atoms with Gasteiger partial charge in [0.15, 0.2) is 0 Å². The summed E-state index contributed by atoms with van der Waals surface area (Å²) in [5.41, 5.74) is 1.71. The summed E-state index contributed by atoms with van der Waals surface area (Å²) in [6.45, 7) is 6.47. The van der Waals surface area contributed by atoms with Gasteiger partial charge in [-0.2, -0.15) is 4.98 Å². The first-order chi connectivity index (χ1) is 13.2. The van der Waals surface area contributed by atoms with Gasteiger partial charge in [0.05, 0.1) is 13.2 Å². The summed E-state index contributed by atoms with van der Waals surface area (Å²) in [7, 11) is 0. The smallest absolute Gasteiger partial charge is 0.298 e. The molecule has 140 valence electrons. The van der Waals surface area contributed by atoms with Crippen LogP contribution in [0.5, 0.6) is 0 Å². The number of morpholine rings is 1. The molecule has 8 nitrogen and oxygen atoms in total. The van der Waals surface area contributed by atoms with E-state index < -0.39 is 0 Å². The second-order valence-electron chi connectivity index (χ2n) is 6.48. The molecule has 0 radical (unpaired) electrons. The maximum Gasteiger partial charge on any atom is 0.298 e. The molecule has 1 aliphatic heterocycles. The molecule has 4 rings (SSSR count). The second-order valence-corrected chi connectivity index (χ2v) is 6.48. The van der Waals surface area contributed by atoms with E-state index in [2.05, 4.69) is 20.0 Å². The van der Waals surface area contributed by atoms with Crippen molar-refractivity contribution >= 4 is 17.4 Å². The molecule has 3 aromatic rings. The highest BCUT2D eigenvalue weighted by Gasteiger charge is 2.23. The van der Waals surface area contributed by atoms with E-state index in [4.69, 9.17) is 4.74 Å². The summed E-state index contributed by atoms with van der Waals surface area (Å²) in [5, 5.41) is 4.37. The number of para-hydroxylation sites is 1. The molecule has 0 bridgehead atoms. The predicted octanol–water partition coefficient (Wildman–Crippen LogP) is 1.41. The van der Waals surface area contributed by atoms with Crippen molar-refractivity contribution in [2.45, 2.75) is 6.92 Å². The number of ether oxygens (including phenoxy) is 1. The van der Waals surface area contributed by atoms with E-state index >= 15 is 0 Å². The minimum absolute atomic E-state index is 0.155. The van der Waals surface area contributed by atoms with Crippen molar-refractivity contribution in [2.24, 2.45) is 0 Å². The summed E-state index contributed by atoms with van der Waals surface area (Å²) in [6, 6.07) is 11.5. The molecule has 8 heteroatoms. The lowest BCUT2D eigenvalue weighted by molar-refractivity contribution is 0.0391. The lowest BCUT2D eigenvalue weighted by Crippen LogP contribution is -2.43. The summed E-state index contributed by atoms with van der Waals surface area (Å²) in [5.74, 6) is 0.363. The Labute approximate surface area is 157 Å². The number of hydrogen-bond donors (Lipinski definition) is 0. The summed E-state index contributed by atoms with van der Waals surface area (Å²) in [6.07, 6.45) is 1.67. The molecule has 1 fully saturated rings. The third-order valence-corrected chi connectivity index (χ3v) is 4.68. The summed E-state index contributed by atoms with van der Waals surface area (Å²) in [4.78, 5) is 25.8. The van der Waals surface area contributed by atoms with Crippen LogP contribution in [-0.4, -0.2) is 69.8 Å². The van der Waals surface area contributed by atoms with Crippen molar-refractivity contribution in [1.82, 2.24) is 24.5 Å². The Bertz CT molecular complexity index is 920. The van der Waals surface area contributed by atoms with Crippen LogP contribution in [0.1, 0.15) is 16.3 Å². The second kappa shape index (κ2) is 7.81. The first-order valence-corrected chi connectivity index (χ1v) is 9.08. The molecule has 0 aliphatic carbocycles. The van der Waals surface area contributed by atoms with Gasteiger partial charge in [-0.15, -0.1) is 5.10 Å². The molecule has 0 N–H and O–H groups in total. The highest BCUT2D eigenvalue weighted by molar-refractivity contribution is 6.03. The molecule has 27 heavy (non-hydrogen) atoms. The van der Waals surface area contributed by atoms with Crippen LogP contribution in [0, 0.1) is 6.92 Å². The summed E-state index contributed by atoms with van der Waals surface area (Å²) >= 11 is 0. The van der Waals surface area contributed by atoms with E-state index in [-0.39, 0.29) is 11.7 Å². The molecule has 0 atom stereocenters. The fourth-order valence-electron chi connectivity index (χ4n) is 3.14. The minimum atomic E-state index is -0.223. The minimum Gasteiger partial charge on any atom is -0.379 e. The Kier molecular flexibility index (Phi) is 5.08. The van der Waals surface area contributed by atoms with Gasteiger partial charge in [-0.1, -0.05) is 18.2 Å². The number of fused-ring (bicyclic) bond motifs is 1. The fraction of sp³-hybridized carbons (Fsp3) is 0.368. The number of nitrogens with zero attached hydrogens (tertiary/aromatic N) is 6. The van der Waals surface area contributed by atoms with E-state index in [1.165, 1.54) is 0 Å². The number of carbonyl (C=O) groups is 1. The highest BCUT2D eigenvalue weighted by Crippen LogP contribution is 2.16.